The molecule has 0 saturated heterocycles. The zero-order chi connectivity index (χ0) is 10.3. The van der Waals surface area contributed by atoms with Crippen LogP contribution in [0, 0.1) is 6.92 Å². The Balaban J connectivity index is 2.54. The van der Waals surface area contributed by atoms with Gasteiger partial charge in [-0.25, -0.2) is 0 Å². The zero-order valence-electron chi connectivity index (χ0n) is 7.83. The minimum absolute atomic E-state index is 0.373. The number of benzene rings is 1. The van der Waals surface area contributed by atoms with Crippen LogP contribution in [-0.2, 0) is 16.6 Å². The Kier molecular flexibility index (Phi) is 2.10. The molecule has 1 aromatic rings. The Labute approximate surface area is 83.0 Å². The summed E-state index contributed by atoms with van der Waals surface area (Å²) in [7, 11) is -4.43. The second-order valence-electron chi connectivity index (χ2n) is 3.71. The van der Waals surface area contributed by atoms with Crippen LogP contribution in [-0.4, -0.2) is 8.42 Å². The van der Waals surface area contributed by atoms with Gasteiger partial charge in [0, 0.05) is 0 Å². The van der Waals surface area contributed by atoms with E-state index in [0.29, 0.717) is 18.4 Å². The average Bonchev–Trinajstić information content (AvgIpc) is 2.45. The first-order valence-electron chi connectivity index (χ1n) is 4.51. The van der Waals surface area contributed by atoms with Gasteiger partial charge in [0.25, 0.3) is 0 Å². The molecule has 0 spiro atoms. The van der Waals surface area contributed by atoms with E-state index in [2.05, 4.69) is 0 Å². The lowest BCUT2D eigenvalue weighted by atomic mass is 10.1. The third-order valence-corrected chi connectivity index (χ3v) is 3.83. The van der Waals surface area contributed by atoms with Gasteiger partial charge in [-0.2, -0.15) is 8.42 Å². The molecule has 1 atom stereocenters. The van der Waals surface area contributed by atoms with E-state index >= 15 is 0 Å². The molecule has 4 heteroatoms. The summed E-state index contributed by atoms with van der Waals surface area (Å²) >= 11 is 0. The maximum absolute atomic E-state index is 12.9. The summed E-state index contributed by atoms with van der Waals surface area (Å²) in [4.78, 5) is 0. The van der Waals surface area contributed by atoms with E-state index in [1.807, 2.05) is 19.1 Å². The first-order valence-corrected chi connectivity index (χ1v) is 5.96. The molecule has 1 unspecified atom stereocenters. The highest BCUT2D eigenvalue weighted by atomic mass is 32.3. The van der Waals surface area contributed by atoms with Crippen LogP contribution in [0.1, 0.15) is 28.4 Å². The largest absolute Gasteiger partial charge is 0.309 e. The van der Waals surface area contributed by atoms with Gasteiger partial charge in [-0.15, -0.1) is 3.89 Å². The van der Waals surface area contributed by atoms with E-state index in [1.165, 1.54) is 0 Å². The van der Waals surface area contributed by atoms with Gasteiger partial charge in [0.05, 0.1) is 0 Å². The van der Waals surface area contributed by atoms with E-state index in [9.17, 15) is 12.3 Å². The van der Waals surface area contributed by atoms with Crippen molar-refractivity contribution >= 4 is 10.2 Å². The number of halogens is 1. The fourth-order valence-corrected chi connectivity index (χ4v) is 2.90. The van der Waals surface area contributed by atoms with Crippen molar-refractivity contribution in [3.63, 3.8) is 0 Å². The summed E-state index contributed by atoms with van der Waals surface area (Å²) in [5, 5.41) is -0.933. The molecule has 0 N–H and O–H groups in total. The quantitative estimate of drug-likeness (QED) is 0.672. The third kappa shape index (κ3) is 1.54. The molecular formula is C10H11FO2S. The molecule has 0 bridgehead atoms. The van der Waals surface area contributed by atoms with Gasteiger partial charge in [0.15, 0.2) is 0 Å². The standard InChI is InChI=1S/C10H11FO2S/c1-7-2-3-8-4-5-10(9(8)6-7)14(11,12)13/h2-3,6,10H,4-5H2,1H3. The van der Waals surface area contributed by atoms with Crippen molar-refractivity contribution in [3.8, 4) is 0 Å². The number of hydrogen-bond donors (Lipinski definition) is 0. The van der Waals surface area contributed by atoms with Crippen molar-refractivity contribution in [2.24, 2.45) is 0 Å². The van der Waals surface area contributed by atoms with Crippen molar-refractivity contribution in [2.45, 2.75) is 25.0 Å². The molecule has 0 amide bonds. The van der Waals surface area contributed by atoms with Crippen molar-refractivity contribution in [2.75, 3.05) is 0 Å². The molecule has 2 rings (SSSR count). The smallest absolute Gasteiger partial charge is 0.194 e. The molecule has 1 aromatic carbocycles. The van der Waals surface area contributed by atoms with Gasteiger partial charge >= 0.3 is 10.2 Å². The Hall–Kier alpha value is -0.900. The predicted octanol–water partition coefficient (Wildman–Crippen LogP) is 2.28. The normalized spacial score (nSPS) is 20.9. The van der Waals surface area contributed by atoms with E-state index in [1.54, 1.807) is 6.07 Å². The van der Waals surface area contributed by atoms with E-state index in [4.69, 9.17) is 0 Å². The van der Waals surface area contributed by atoms with Crippen LogP contribution in [0.15, 0.2) is 18.2 Å². The lowest BCUT2D eigenvalue weighted by Crippen LogP contribution is -2.04. The first kappa shape index (κ1) is 9.65. The molecule has 1 aliphatic rings. The summed E-state index contributed by atoms with van der Waals surface area (Å²) < 4.78 is 34.6. The Bertz CT molecular complexity index is 465. The topological polar surface area (TPSA) is 34.1 Å². The van der Waals surface area contributed by atoms with Crippen LogP contribution in [0.4, 0.5) is 3.89 Å². The second kappa shape index (κ2) is 3.05. The summed E-state index contributed by atoms with van der Waals surface area (Å²) in [6.07, 6.45) is 1.03. The number of rotatable bonds is 1. The molecule has 0 fully saturated rings. The molecule has 0 radical (unpaired) electrons. The summed E-state index contributed by atoms with van der Waals surface area (Å²) in [5.41, 5.74) is 2.58. The van der Waals surface area contributed by atoms with Crippen LogP contribution >= 0.6 is 0 Å². The van der Waals surface area contributed by atoms with Gasteiger partial charge in [0.1, 0.15) is 5.25 Å². The Morgan fingerprint density at radius 1 is 1.43 bits per heavy atom. The monoisotopic (exact) mass is 214 g/mol. The van der Waals surface area contributed by atoms with Crippen molar-refractivity contribution < 1.29 is 12.3 Å². The molecule has 2 nitrogen and oxygen atoms in total. The molecule has 0 aliphatic heterocycles. The van der Waals surface area contributed by atoms with Crippen LogP contribution in [0.2, 0.25) is 0 Å². The minimum Gasteiger partial charge on any atom is -0.194 e. The summed E-state index contributed by atoms with van der Waals surface area (Å²) in [6, 6.07) is 5.58. The Morgan fingerprint density at radius 3 is 2.79 bits per heavy atom. The lowest BCUT2D eigenvalue weighted by Gasteiger charge is -2.06. The van der Waals surface area contributed by atoms with Crippen molar-refractivity contribution in [1.82, 2.24) is 0 Å². The first-order chi connectivity index (χ1) is 6.48. The molecule has 14 heavy (non-hydrogen) atoms. The number of aryl methyl sites for hydroxylation is 2. The number of hydrogen-bond acceptors (Lipinski definition) is 2. The maximum atomic E-state index is 12.9. The van der Waals surface area contributed by atoms with Gasteiger partial charge in [-0.3, -0.25) is 0 Å². The Morgan fingerprint density at radius 2 is 2.14 bits per heavy atom. The van der Waals surface area contributed by atoms with Gasteiger partial charge in [-0.05, 0) is 30.9 Å². The predicted molar refractivity (Wildman–Crippen MR) is 52.3 cm³/mol. The van der Waals surface area contributed by atoms with Gasteiger partial charge in [0.2, 0.25) is 0 Å². The van der Waals surface area contributed by atoms with Crippen LogP contribution < -0.4 is 0 Å². The molecule has 0 aromatic heterocycles. The van der Waals surface area contributed by atoms with Crippen molar-refractivity contribution in [3.05, 3.63) is 34.9 Å². The highest BCUT2D eigenvalue weighted by Crippen LogP contribution is 2.38. The van der Waals surface area contributed by atoms with E-state index in [-0.39, 0.29) is 0 Å². The molecular weight excluding hydrogens is 203 g/mol. The molecule has 76 valence electrons. The third-order valence-electron chi connectivity index (χ3n) is 2.66. The van der Waals surface area contributed by atoms with Gasteiger partial charge in [-0.1, -0.05) is 23.8 Å². The average molecular weight is 214 g/mol. The highest BCUT2D eigenvalue weighted by Gasteiger charge is 2.33. The van der Waals surface area contributed by atoms with Crippen molar-refractivity contribution in [1.29, 1.82) is 0 Å². The minimum atomic E-state index is -4.43. The van der Waals surface area contributed by atoms with Crippen LogP contribution in [0.25, 0.3) is 0 Å². The lowest BCUT2D eigenvalue weighted by molar-refractivity contribution is 0.535. The fraction of sp³-hybridized carbons (Fsp3) is 0.400. The SMILES string of the molecule is Cc1ccc2c(c1)C(S(=O)(=O)F)CC2. The zero-order valence-corrected chi connectivity index (χ0v) is 8.64. The van der Waals surface area contributed by atoms with E-state index < -0.39 is 15.5 Å². The van der Waals surface area contributed by atoms with Gasteiger partial charge < -0.3 is 0 Å². The fourth-order valence-electron chi connectivity index (χ4n) is 1.98. The molecule has 0 saturated carbocycles. The van der Waals surface area contributed by atoms with Crippen LogP contribution in [0.3, 0.4) is 0 Å². The summed E-state index contributed by atoms with van der Waals surface area (Å²) in [6.45, 7) is 1.88. The highest BCUT2D eigenvalue weighted by molar-refractivity contribution is 7.86. The maximum Gasteiger partial charge on any atom is 0.309 e. The summed E-state index contributed by atoms with van der Waals surface area (Å²) in [5.74, 6) is 0. The van der Waals surface area contributed by atoms with E-state index in [0.717, 1.165) is 11.1 Å². The number of fused-ring (bicyclic) bond motifs is 1. The molecule has 0 heterocycles. The second-order valence-corrected chi connectivity index (χ2v) is 5.23. The van der Waals surface area contributed by atoms with Crippen LogP contribution in [0.5, 0.6) is 0 Å². The molecule has 1 aliphatic carbocycles.